The van der Waals surface area contributed by atoms with Crippen LogP contribution in [0.3, 0.4) is 0 Å². The van der Waals surface area contributed by atoms with Gasteiger partial charge in [-0.05, 0) is 23.8 Å². The highest BCUT2D eigenvalue weighted by Crippen LogP contribution is 2.38. The normalized spacial score (nSPS) is 22.4. The fourth-order valence-corrected chi connectivity index (χ4v) is 4.31. The quantitative estimate of drug-likeness (QED) is 0.318. The summed E-state index contributed by atoms with van der Waals surface area (Å²) in [7, 11) is -4.85. The molecule has 3 aromatic rings. The largest absolute Gasteiger partial charge is 0.469 e. The Labute approximate surface area is 202 Å². The van der Waals surface area contributed by atoms with Crippen LogP contribution in [-0.2, 0) is 20.4 Å². The lowest BCUT2D eigenvalue weighted by Crippen LogP contribution is -2.43. The zero-order valence-electron chi connectivity index (χ0n) is 17.9. The molecule has 12 nitrogen and oxygen atoms in total. The van der Waals surface area contributed by atoms with Crippen LogP contribution in [0.25, 0.3) is 11.1 Å². The van der Waals surface area contributed by atoms with Crippen LogP contribution in [0.2, 0.25) is 5.02 Å². The van der Waals surface area contributed by atoms with E-state index in [-0.39, 0.29) is 6.54 Å². The van der Waals surface area contributed by atoms with E-state index >= 15 is 0 Å². The van der Waals surface area contributed by atoms with E-state index in [2.05, 4.69) is 9.51 Å². The van der Waals surface area contributed by atoms with Gasteiger partial charge in [0.1, 0.15) is 18.3 Å². The number of pyridine rings is 1. The predicted octanol–water partition coefficient (Wildman–Crippen LogP) is 0.502. The van der Waals surface area contributed by atoms with Crippen molar-refractivity contribution in [2.24, 2.45) is 0 Å². The first kappa shape index (κ1) is 25.4. The lowest BCUT2D eigenvalue weighted by molar-refractivity contribution is -0.0548. The second-order valence-electron chi connectivity index (χ2n) is 7.78. The van der Waals surface area contributed by atoms with Crippen LogP contribution in [0.5, 0.6) is 0 Å². The minimum Gasteiger partial charge on any atom is -0.387 e. The number of phosphoric acid groups is 1. The van der Waals surface area contributed by atoms with E-state index in [0.29, 0.717) is 10.7 Å². The Morgan fingerprint density at radius 2 is 1.86 bits per heavy atom. The molecule has 1 aliphatic heterocycles. The summed E-state index contributed by atoms with van der Waals surface area (Å²) in [5.74, 6) is 0. The fraction of sp³-hybridized carbons (Fsp3) is 0.286. The van der Waals surface area contributed by atoms with Gasteiger partial charge in [-0.15, -0.1) is 0 Å². The van der Waals surface area contributed by atoms with Crippen molar-refractivity contribution in [1.29, 1.82) is 0 Å². The number of benzene rings is 1. The Balaban J connectivity index is 1.62. The van der Waals surface area contributed by atoms with Gasteiger partial charge in [0, 0.05) is 29.0 Å². The van der Waals surface area contributed by atoms with E-state index < -0.39 is 50.2 Å². The van der Waals surface area contributed by atoms with Crippen LogP contribution in [-0.4, -0.2) is 59.0 Å². The molecule has 186 valence electrons. The molecule has 14 heteroatoms. The number of hydrogen-bond acceptors (Lipinski definition) is 8. The van der Waals surface area contributed by atoms with Crippen LogP contribution in [0.4, 0.5) is 0 Å². The van der Waals surface area contributed by atoms with E-state index in [1.54, 1.807) is 24.3 Å². The van der Waals surface area contributed by atoms with E-state index in [1.165, 1.54) is 6.20 Å². The molecule has 0 aliphatic carbocycles. The first-order valence-electron chi connectivity index (χ1n) is 10.3. The molecule has 2 aromatic heterocycles. The lowest BCUT2D eigenvalue weighted by atomic mass is 10.1. The first-order chi connectivity index (χ1) is 16.5. The van der Waals surface area contributed by atoms with Gasteiger partial charge in [0.2, 0.25) is 0 Å². The van der Waals surface area contributed by atoms with Crippen LogP contribution in [0.15, 0.2) is 64.4 Å². The molecule has 4 N–H and O–H groups in total. The third-order valence-electron chi connectivity index (χ3n) is 5.44. The SMILES string of the molecule is O=c1ccn([C@@H]2O[C@H](COP(=O)(O)O)C(O)[C@@H]2O)c(=O)n1Cc1cc(-c2ccccc2Cl)ccn1. The second kappa shape index (κ2) is 10.1. The van der Waals surface area contributed by atoms with Crippen molar-refractivity contribution < 1.29 is 33.8 Å². The minimum atomic E-state index is -4.85. The van der Waals surface area contributed by atoms with Crippen LogP contribution in [0, 0.1) is 0 Å². The van der Waals surface area contributed by atoms with Gasteiger partial charge >= 0.3 is 13.5 Å². The molecule has 3 heterocycles. The van der Waals surface area contributed by atoms with Crippen molar-refractivity contribution in [3.8, 4) is 11.1 Å². The van der Waals surface area contributed by atoms with Gasteiger partial charge in [-0.1, -0.05) is 29.8 Å². The fourth-order valence-electron chi connectivity index (χ4n) is 3.73. The predicted molar refractivity (Wildman–Crippen MR) is 123 cm³/mol. The van der Waals surface area contributed by atoms with Gasteiger partial charge in [-0.2, -0.15) is 0 Å². The van der Waals surface area contributed by atoms with Gasteiger partial charge in [0.15, 0.2) is 6.23 Å². The molecule has 1 unspecified atom stereocenters. The summed E-state index contributed by atoms with van der Waals surface area (Å²) in [5, 5.41) is 21.1. The number of ether oxygens (including phenoxy) is 1. The monoisotopic (exact) mass is 525 g/mol. The third-order valence-corrected chi connectivity index (χ3v) is 6.25. The third kappa shape index (κ3) is 5.61. The molecule has 0 saturated carbocycles. The summed E-state index contributed by atoms with van der Waals surface area (Å²) >= 11 is 6.26. The van der Waals surface area contributed by atoms with E-state index in [9.17, 15) is 24.4 Å². The van der Waals surface area contributed by atoms with Crippen molar-refractivity contribution in [3.63, 3.8) is 0 Å². The maximum Gasteiger partial charge on any atom is 0.469 e. The zero-order chi connectivity index (χ0) is 25.3. The Hall–Kier alpha value is -2.67. The van der Waals surface area contributed by atoms with Crippen molar-refractivity contribution in [3.05, 3.63) is 86.4 Å². The van der Waals surface area contributed by atoms with Crippen LogP contribution < -0.4 is 11.2 Å². The van der Waals surface area contributed by atoms with Gasteiger partial charge in [-0.25, -0.2) is 9.36 Å². The average molecular weight is 526 g/mol. The zero-order valence-corrected chi connectivity index (χ0v) is 19.6. The van der Waals surface area contributed by atoms with Gasteiger partial charge < -0.3 is 24.7 Å². The Kier molecular flexibility index (Phi) is 7.36. The highest BCUT2D eigenvalue weighted by molar-refractivity contribution is 7.46. The van der Waals surface area contributed by atoms with E-state index in [4.69, 9.17) is 26.1 Å². The molecule has 4 atom stereocenters. The molecule has 0 amide bonds. The Morgan fingerprint density at radius 3 is 2.57 bits per heavy atom. The summed E-state index contributed by atoms with van der Waals surface area (Å²) in [5.41, 5.74) is 0.382. The summed E-state index contributed by atoms with van der Waals surface area (Å²) in [4.78, 5) is 47.5. The van der Waals surface area contributed by atoms with Gasteiger partial charge in [0.25, 0.3) is 5.56 Å². The molecule has 1 aliphatic rings. The number of aliphatic hydroxyl groups is 2. The molecule has 35 heavy (non-hydrogen) atoms. The van der Waals surface area contributed by atoms with Gasteiger partial charge in [0.05, 0.1) is 18.8 Å². The molecular formula is C21H21ClN3O9P. The highest BCUT2D eigenvalue weighted by Gasteiger charge is 2.45. The smallest absolute Gasteiger partial charge is 0.387 e. The molecule has 1 saturated heterocycles. The summed E-state index contributed by atoms with van der Waals surface area (Å²) < 4.78 is 22.5. The lowest BCUT2D eigenvalue weighted by Gasteiger charge is -2.18. The number of halogens is 1. The van der Waals surface area contributed by atoms with Crippen molar-refractivity contribution in [2.45, 2.75) is 31.1 Å². The van der Waals surface area contributed by atoms with Crippen molar-refractivity contribution >= 4 is 19.4 Å². The van der Waals surface area contributed by atoms with Crippen molar-refractivity contribution in [2.75, 3.05) is 6.61 Å². The Morgan fingerprint density at radius 1 is 1.11 bits per heavy atom. The highest BCUT2D eigenvalue weighted by atomic mass is 35.5. The molecule has 0 bridgehead atoms. The van der Waals surface area contributed by atoms with E-state index in [0.717, 1.165) is 32.5 Å². The number of rotatable bonds is 7. The molecular weight excluding hydrogens is 505 g/mol. The number of nitrogens with zero attached hydrogens (tertiary/aromatic N) is 3. The second-order valence-corrected chi connectivity index (χ2v) is 9.42. The molecule has 4 rings (SSSR count). The molecule has 0 spiro atoms. The molecule has 1 aromatic carbocycles. The first-order valence-corrected chi connectivity index (χ1v) is 12.2. The van der Waals surface area contributed by atoms with E-state index in [1.807, 2.05) is 12.1 Å². The van der Waals surface area contributed by atoms with Crippen molar-refractivity contribution in [1.82, 2.24) is 14.1 Å². The molecule has 0 radical (unpaired) electrons. The molecule has 1 fully saturated rings. The minimum absolute atomic E-state index is 0.201. The topological polar surface area (TPSA) is 173 Å². The van der Waals surface area contributed by atoms with Crippen LogP contribution >= 0.6 is 19.4 Å². The van der Waals surface area contributed by atoms with Gasteiger partial charge in [-0.3, -0.25) is 23.4 Å². The Bertz CT molecular complexity index is 1390. The van der Waals surface area contributed by atoms with Crippen LogP contribution in [0.1, 0.15) is 11.9 Å². The maximum atomic E-state index is 13.1. The number of aromatic nitrogens is 3. The number of phosphoric ester groups is 1. The number of aliphatic hydroxyl groups excluding tert-OH is 2. The average Bonchev–Trinajstić information content (AvgIpc) is 3.09. The number of hydrogen-bond donors (Lipinski definition) is 4. The maximum absolute atomic E-state index is 13.1. The standard InChI is InChI=1S/C21H21ClN3O9P/c22-15-4-2-1-3-14(15)12-5-7-23-13(9-12)10-25-17(26)6-8-24(21(25)29)20-19(28)18(27)16(34-20)11-33-35(30,31)32/h1-9,16,18-20,27-28H,10-11H2,(H2,30,31,32)/t16-,18?,19+,20-/m1/s1. The summed E-state index contributed by atoms with van der Waals surface area (Å²) in [6.45, 7) is -0.931. The summed E-state index contributed by atoms with van der Waals surface area (Å²) in [6.07, 6.45) is -3.38. The summed E-state index contributed by atoms with van der Waals surface area (Å²) in [6, 6.07) is 11.7.